The van der Waals surface area contributed by atoms with Gasteiger partial charge in [-0.1, -0.05) is 23.9 Å². The van der Waals surface area contributed by atoms with Crippen LogP contribution in [0.5, 0.6) is 0 Å². The summed E-state index contributed by atoms with van der Waals surface area (Å²) in [6, 6.07) is 10.2. The lowest BCUT2D eigenvalue weighted by atomic mass is 10.0. The number of thioether (sulfide) groups is 1. The minimum absolute atomic E-state index is 0.124. The highest BCUT2D eigenvalue weighted by molar-refractivity contribution is 8.00. The summed E-state index contributed by atoms with van der Waals surface area (Å²) in [6.07, 6.45) is 5.78. The van der Waals surface area contributed by atoms with Crippen molar-refractivity contribution in [1.29, 1.82) is 0 Å². The summed E-state index contributed by atoms with van der Waals surface area (Å²) in [5.41, 5.74) is 4.09. The third kappa shape index (κ3) is 3.67. The molecule has 0 unspecified atom stereocenters. The number of hydrogen-bond donors (Lipinski definition) is 0. The highest BCUT2D eigenvalue weighted by Gasteiger charge is 2.31. The number of pyridine rings is 1. The summed E-state index contributed by atoms with van der Waals surface area (Å²) in [5.74, 6) is 0.979. The summed E-state index contributed by atoms with van der Waals surface area (Å²) in [4.78, 5) is 17.0. The number of benzene rings is 1. The number of ketones is 1. The molecule has 4 rings (SSSR count). The average Bonchev–Trinajstić information content (AvgIpc) is 3.44. The van der Waals surface area contributed by atoms with Gasteiger partial charge >= 0.3 is 0 Å². The lowest BCUT2D eigenvalue weighted by molar-refractivity contribution is 0.0993. The quantitative estimate of drug-likeness (QED) is 0.461. The molecule has 1 aliphatic rings. The van der Waals surface area contributed by atoms with Gasteiger partial charge in [-0.25, -0.2) is 0 Å². The number of hydrogen-bond acceptors (Lipinski definition) is 5. The number of aromatic nitrogens is 4. The van der Waals surface area contributed by atoms with Crippen LogP contribution in [0.25, 0.3) is 11.4 Å². The fourth-order valence-corrected chi connectivity index (χ4v) is 4.05. The van der Waals surface area contributed by atoms with Crippen LogP contribution in [-0.4, -0.2) is 30.8 Å². The van der Waals surface area contributed by atoms with E-state index >= 15 is 0 Å². The van der Waals surface area contributed by atoms with Crippen molar-refractivity contribution in [3.8, 4) is 11.4 Å². The van der Waals surface area contributed by atoms with Gasteiger partial charge in [-0.15, -0.1) is 10.2 Å². The van der Waals surface area contributed by atoms with Gasteiger partial charge in [0, 0.05) is 29.6 Å². The maximum atomic E-state index is 12.9. The van der Waals surface area contributed by atoms with Crippen LogP contribution in [0.3, 0.4) is 0 Å². The Labute approximate surface area is 163 Å². The Hall–Kier alpha value is -2.47. The zero-order valence-electron chi connectivity index (χ0n) is 15.7. The van der Waals surface area contributed by atoms with Crippen LogP contribution in [-0.2, 0) is 0 Å². The third-order valence-electron chi connectivity index (χ3n) is 4.96. The van der Waals surface area contributed by atoms with E-state index in [1.165, 1.54) is 17.3 Å². The van der Waals surface area contributed by atoms with E-state index in [0.717, 1.165) is 40.5 Å². The van der Waals surface area contributed by atoms with Crippen LogP contribution < -0.4 is 0 Å². The maximum absolute atomic E-state index is 12.9. The normalized spacial score (nSPS) is 14.9. The Bertz CT molecular complexity index is 979. The molecule has 1 atom stereocenters. The van der Waals surface area contributed by atoms with E-state index in [2.05, 4.69) is 26.7 Å². The monoisotopic (exact) mass is 378 g/mol. The fraction of sp³-hybridized carbons (Fsp3) is 0.333. The van der Waals surface area contributed by atoms with Gasteiger partial charge in [-0.05, 0) is 62.9 Å². The fourth-order valence-electron chi connectivity index (χ4n) is 3.06. The van der Waals surface area contributed by atoms with E-state index in [4.69, 9.17) is 0 Å². The maximum Gasteiger partial charge on any atom is 0.192 e. The Morgan fingerprint density at radius 3 is 2.52 bits per heavy atom. The Kier molecular flexibility index (Phi) is 4.83. The Morgan fingerprint density at radius 1 is 1.11 bits per heavy atom. The largest absolute Gasteiger partial charge is 0.299 e. The second-order valence-electron chi connectivity index (χ2n) is 7.07. The van der Waals surface area contributed by atoms with E-state index < -0.39 is 0 Å². The molecule has 2 aromatic heterocycles. The Morgan fingerprint density at radius 2 is 1.85 bits per heavy atom. The number of Topliss-reactive ketones (excluding diaryl/α,β-unsaturated/α-hetero) is 1. The predicted octanol–water partition coefficient (Wildman–Crippen LogP) is 4.66. The molecule has 0 saturated heterocycles. The lowest BCUT2D eigenvalue weighted by Gasteiger charge is -2.13. The zero-order chi connectivity index (χ0) is 19.0. The van der Waals surface area contributed by atoms with Crippen LogP contribution in [0.1, 0.15) is 47.3 Å². The SMILES string of the molecule is Cc1ccc(C(=O)[C@H](C)Sc2nnc(-c3ccncc3)n2C2CC2)cc1C. The van der Waals surface area contributed by atoms with Crippen molar-refractivity contribution in [2.24, 2.45) is 0 Å². The molecule has 138 valence electrons. The molecular formula is C21H22N4OS. The van der Waals surface area contributed by atoms with E-state index in [9.17, 15) is 4.79 Å². The van der Waals surface area contributed by atoms with Crippen molar-refractivity contribution in [3.63, 3.8) is 0 Å². The van der Waals surface area contributed by atoms with Crippen molar-refractivity contribution in [2.75, 3.05) is 0 Å². The van der Waals surface area contributed by atoms with Crippen LogP contribution >= 0.6 is 11.8 Å². The summed E-state index contributed by atoms with van der Waals surface area (Å²) < 4.78 is 2.18. The molecule has 27 heavy (non-hydrogen) atoms. The Balaban J connectivity index is 1.60. The van der Waals surface area contributed by atoms with Gasteiger partial charge in [-0.2, -0.15) is 0 Å². The van der Waals surface area contributed by atoms with Crippen LogP contribution in [0.15, 0.2) is 47.9 Å². The smallest absolute Gasteiger partial charge is 0.192 e. The van der Waals surface area contributed by atoms with Gasteiger partial charge in [0.1, 0.15) is 0 Å². The number of nitrogens with zero attached hydrogens (tertiary/aromatic N) is 4. The van der Waals surface area contributed by atoms with E-state index in [1.807, 2.05) is 44.2 Å². The molecule has 5 nitrogen and oxygen atoms in total. The summed E-state index contributed by atoms with van der Waals surface area (Å²) in [6.45, 7) is 6.04. The second kappa shape index (κ2) is 7.27. The van der Waals surface area contributed by atoms with Crippen molar-refractivity contribution < 1.29 is 4.79 Å². The first-order valence-electron chi connectivity index (χ1n) is 9.18. The first-order valence-corrected chi connectivity index (χ1v) is 10.1. The van der Waals surface area contributed by atoms with E-state index in [0.29, 0.717) is 6.04 Å². The molecule has 1 fully saturated rings. The number of aryl methyl sites for hydroxylation is 2. The van der Waals surface area contributed by atoms with E-state index in [1.54, 1.807) is 12.4 Å². The molecule has 6 heteroatoms. The van der Waals surface area contributed by atoms with Crippen LogP contribution in [0, 0.1) is 13.8 Å². The van der Waals surface area contributed by atoms with Gasteiger partial charge in [0.25, 0.3) is 0 Å². The molecule has 3 aromatic rings. The topological polar surface area (TPSA) is 60.7 Å². The predicted molar refractivity (Wildman–Crippen MR) is 107 cm³/mol. The average molecular weight is 379 g/mol. The molecule has 0 N–H and O–H groups in total. The molecule has 1 aromatic carbocycles. The molecule has 1 aliphatic carbocycles. The molecule has 1 saturated carbocycles. The molecule has 0 aliphatic heterocycles. The summed E-state index contributed by atoms with van der Waals surface area (Å²) in [5, 5.41) is 9.41. The van der Waals surface area contributed by atoms with Crippen molar-refractivity contribution in [3.05, 3.63) is 59.4 Å². The van der Waals surface area contributed by atoms with Gasteiger partial charge in [-0.3, -0.25) is 14.3 Å². The lowest BCUT2D eigenvalue weighted by Crippen LogP contribution is -2.15. The van der Waals surface area contributed by atoms with E-state index in [-0.39, 0.29) is 11.0 Å². The first kappa shape index (κ1) is 17.9. The van der Waals surface area contributed by atoms with Gasteiger partial charge < -0.3 is 0 Å². The number of carbonyl (C=O) groups is 1. The van der Waals surface area contributed by atoms with Crippen molar-refractivity contribution in [2.45, 2.75) is 50.1 Å². The second-order valence-corrected chi connectivity index (χ2v) is 8.37. The van der Waals surface area contributed by atoms with Gasteiger partial charge in [0.2, 0.25) is 0 Å². The standard InChI is InChI=1S/C21H22N4OS/c1-13-4-5-17(12-14(13)2)19(26)15(3)27-21-24-23-20(25(21)18-6-7-18)16-8-10-22-11-9-16/h4-5,8-12,15,18H,6-7H2,1-3H3/t15-/m0/s1. The van der Waals surface area contributed by atoms with Crippen LogP contribution in [0.4, 0.5) is 0 Å². The van der Waals surface area contributed by atoms with Gasteiger partial charge in [0.15, 0.2) is 16.8 Å². The van der Waals surface area contributed by atoms with Gasteiger partial charge in [0.05, 0.1) is 5.25 Å². The highest BCUT2D eigenvalue weighted by atomic mass is 32.2. The minimum atomic E-state index is -0.223. The molecule has 0 spiro atoms. The van der Waals surface area contributed by atoms with Crippen LogP contribution in [0.2, 0.25) is 0 Å². The number of carbonyl (C=O) groups excluding carboxylic acids is 1. The minimum Gasteiger partial charge on any atom is -0.299 e. The molecule has 2 heterocycles. The summed E-state index contributed by atoms with van der Waals surface area (Å²) in [7, 11) is 0. The molecule has 0 bridgehead atoms. The molecule has 0 radical (unpaired) electrons. The summed E-state index contributed by atoms with van der Waals surface area (Å²) >= 11 is 1.49. The molecule has 0 amide bonds. The van der Waals surface area contributed by atoms with Crippen molar-refractivity contribution in [1.82, 2.24) is 19.7 Å². The highest BCUT2D eigenvalue weighted by Crippen LogP contribution is 2.41. The zero-order valence-corrected chi connectivity index (χ0v) is 16.5. The third-order valence-corrected chi connectivity index (χ3v) is 6.01. The van der Waals surface area contributed by atoms with Crippen molar-refractivity contribution >= 4 is 17.5 Å². The number of rotatable bonds is 6. The molecular weight excluding hydrogens is 356 g/mol. The first-order chi connectivity index (χ1) is 13.0.